The average Bonchev–Trinajstić information content (AvgIpc) is 2.33. The van der Waals surface area contributed by atoms with Crippen molar-refractivity contribution in [3.05, 3.63) is 0 Å². The molecular formula is C12H24N3OP. The van der Waals surface area contributed by atoms with Gasteiger partial charge in [-0.3, -0.25) is 4.67 Å². The SMILES string of the molecule is CN(C)C(=O)N1CCC2(CCN(P)CC2)CC1. The van der Waals surface area contributed by atoms with Crippen LogP contribution in [0.25, 0.3) is 0 Å². The first-order chi connectivity index (χ1) is 8.02. The summed E-state index contributed by atoms with van der Waals surface area (Å²) in [6.45, 7) is 4.25. The Balaban J connectivity index is 1.87. The molecule has 2 aliphatic rings. The lowest BCUT2D eigenvalue weighted by molar-refractivity contribution is 0.0646. The van der Waals surface area contributed by atoms with Crippen molar-refractivity contribution in [1.82, 2.24) is 14.5 Å². The summed E-state index contributed by atoms with van der Waals surface area (Å²) < 4.78 is 2.34. The van der Waals surface area contributed by atoms with Crippen LogP contribution in [0, 0.1) is 5.41 Å². The molecule has 2 saturated heterocycles. The van der Waals surface area contributed by atoms with E-state index in [1.807, 2.05) is 19.0 Å². The first-order valence-electron chi connectivity index (χ1n) is 6.48. The van der Waals surface area contributed by atoms with Gasteiger partial charge >= 0.3 is 6.03 Å². The number of hydrogen-bond acceptors (Lipinski definition) is 2. The van der Waals surface area contributed by atoms with Gasteiger partial charge in [0.1, 0.15) is 0 Å². The zero-order chi connectivity index (χ0) is 12.5. The molecule has 1 spiro atoms. The number of nitrogens with zero attached hydrogens (tertiary/aromatic N) is 3. The van der Waals surface area contributed by atoms with E-state index in [2.05, 4.69) is 14.1 Å². The number of likely N-dealkylation sites (tertiary alicyclic amines) is 1. The van der Waals surface area contributed by atoms with E-state index in [1.165, 1.54) is 38.8 Å². The molecule has 2 heterocycles. The third-order valence-electron chi connectivity index (χ3n) is 4.34. The summed E-state index contributed by atoms with van der Waals surface area (Å²) in [5, 5.41) is 0. The minimum absolute atomic E-state index is 0.170. The van der Waals surface area contributed by atoms with Gasteiger partial charge in [0.05, 0.1) is 0 Å². The number of carbonyl (C=O) groups excluding carboxylic acids is 1. The highest BCUT2D eigenvalue weighted by atomic mass is 31.0. The van der Waals surface area contributed by atoms with E-state index in [-0.39, 0.29) is 6.03 Å². The van der Waals surface area contributed by atoms with Crippen LogP contribution in [-0.2, 0) is 0 Å². The predicted molar refractivity (Wildman–Crippen MR) is 72.8 cm³/mol. The van der Waals surface area contributed by atoms with Gasteiger partial charge < -0.3 is 9.80 Å². The molecule has 2 aliphatic heterocycles. The highest BCUT2D eigenvalue weighted by Gasteiger charge is 2.38. The van der Waals surface area contributed by atoms with Crippen molar-refractivity contribution >= 4 is 15.4 Å². The van der Waals surface area contributed by atoms with E-state index in [1.54, 1.807) is 4.90 Å². The Morgan fingerprint density at radius 1 is 1.06 bits per heavy atom. The highest BCUT2D eigenvalue weighted by molar-refractivity contribution is 7.13. The van der Waals surface area contributed by atoms with Crippen LogP contribution in [0.5, 0.6) is 0 Å². The van der Waals surface area contributed by atoms with E-state index >= 15 is 0 Å². The van der Waals surface area contributed by atoms with Gasteiger partial charge in [0.25, 0.3) is 0 Å². The minimum Gasteiger partial charge on any atom is -0.331 e. The Kier molecular flexibility index (Phi) is 3.94. The molecule has 0 N–H and O–H groups in total. The van der Waals surface area contributed by atoms with E-state index in [4.69, 9.17) is 0 Å². The Morgan fingerprint density at radius 3 is 2.00 bits per heavy atom. The molecule has 0 aromatic heterocycles. The second kappa shape index (κ2) is 5.11. The summed E-state index contributed by atoms with van der Waals surface area (Å²) in [7, 11) is 6.47. The predicted octanol–water partition coefficient (Wildman–Crippen LogP) is 1.64. The fraction of sp³-hybridized carbons (Fsp3) is 0.917. The molecule has 0 aromatic carbocycles. The smallest absolute Gasteiger partial charge is 0.319 e. The standard InChI is InChI=1S/C12H24N3OP/c1-13(2)11(16)14-7-3-12(4-8-14)5-9-15(17)10-6-12/h3-10,17H2,1-2H3. The van der Waals surface area contributed by atoms with Crippen LogP contribution in [0.15, 0.2) is 0 Å². The summed E-state index contributed by atoms with van der Waals surface area (Å²) in [5.74, 6) is 0. The third-order valence-corrected chi connectivity index (χ3v) is 4.85. The zero-order valence-electron chi connectivity index (χ0n) is 11.0. The molecule has 0 bridgehead atoms. The molecule has 0 saturated carbocycles. The van der Waals surface area contributed by atoms with Gasteiger partial charge in [-0.1, -0.05) is 9.39 Å². The van der Waals surface area contributed by atoms with Crippen molar-refractivity contribution in [2.24, 2.45) is 5.41 Å². The third kappa shape index (κ3) is 2.92. The zero-order valence-corrected chi connectivity index (χ0v) is 12.1. The van der Waals surface area contributed by atoms with E-state index in [0.717, 1.165) is 13.1 Å². The molecule has 2 rings (SSSR count). The van der Waals surface area contributed by atoms with E-state index in [0.29, 0.717) is 5.41 Å². The van der Waals surface area contributed by atoms with Gasteiger partial charge in [-0.05, 0) is 31.1 Å². The van der Waals surface area contributed by atoms with E-state index in [9.17, 15) is 4.79 Å². The van der Waals surface area contributed by atoms with Gasteiger partial charge in [0.15, 0.2) is 0 Å². The van der Waals surface area contributed by atoms with Crippen molar-refractivity contribution in [2.45, 2.75) is 25.7 Å². The topological polar surface area (TPSA) is 26.8 Å². The Labute approximate surface area is 107 Å². The number of amides is 2. The molecule has 0 radical (unpaired) electrons. The Morgan fingerprint density at radius 2 is 1.53 bits per heavy atom. The normalized spacial score (nSPS) is 25.0. The molecular weight excluding hydrogens is 233 g/mol. The van der Waals surface area contributed by atoms with Crippen molar-refractivity contribution in [1.29, 1.82) is 0 Å². The number of urea groups is 1. The van der Waals surface area contributed by atoms with Crippen LogP contribution in [0.4, 0.5) is 4.79 Å². The Bertz CT molecular complexity index is 277. The lowest BCUT2D eigenvalue weighted by Gasteiger charge is -2.46. The highest BCUT2D eigenvalue weighted by Crippen LogP contribution is 2.41. The van der Waals surface area contributed by atoms with Gasteiger partial charge in [0, 0.05) is 40.3 Å². The fourth-order valence-electron chi connectivity index (χ4n) is 2.95. The molecule has 17 heavy (non-hydrogen) atoms. The van der Waals surface area contributed by atoms with Crippen molar-refractivity contribution in [2.75, 3.05) is 40.3 Å². The molecule has 0 aromatic rings. The number of piperidine rings is 2. The van der Waals surface area contributed by atoms with Crippen molar-refractivity contribution in [3.8, 4) is 0 Å². The second-order valence-electron chi connectivity index (χ2n) is 5.70. The minimum atomic E-state index is 0.170. The largest absolute Gasteiger partial charge is 0.331 e. The molecule has 0 aliphatic carbocycles. The Hall–Kier alpha value is -0.340. The van der Waals surface area contributed by atoms with Gasteiger partial charge in [-0.15, -0.1) is 0 Å². The van der Waals surface area contributed by atoms with Crippen LogP contribution in [-0.4, -0.2) is 60.8 Å². The van der Waals surface area contributed by atoms with Crippen molar-refractivity contribution < 1.29 is 4.79 Å². The molecule has 98 valence electrons. The van der Waals surface area contributed by atoms with Gasteiger partial charge in [0.2, 0.25) is 0 Å². The monoisotopic (exact) mass is 257 g/mol. The van der Waals surface area contributed by atoms with Gasteiger partial charge in [-0.25, -0.2) is 4.79 Å². The molecule has 2 amide bonds. The molecule has 1 atom stereocenters. The van der Waals surface area contributed by atoms with Crippen molar-refractivity contribution in [3.63, 3.8) is 0 Å². The van der Waals surface area contributed by atoms with Crippen LogP contribution < -0.4 is 0 Å². The molecule has 5 heteroatoms. The van der Waals surface area contributed by atoms with Gasteiger partial charge in [-0.2, -0.15) is 0 Å². The van der Waals surface area contributed by atoms with Crippen LogP contribution in [0.2, 0.25) is 0 Å². The maximum Gasteiger partial charge on any atom is 0.319 e. The quantitative estimate of drug-likeness (QED) is 0.617. The summed E-state index contributed by atoms with van der Waals surface area (Å²) in [4.78, 5) is 15.5. The first kappa shape index (κ1) is 13.1. The number of hydrogen-bond donors (Lipinski definition) is 0. The van der Waals surface area contributed by atoms with Crippen LogP contribution >= 0.6 is 9.39 Å². The summed E-state index contributed by atoms with van der Waals surface area (Å²) in [6.07, 6.45) is 4.96. The second-order valence-corrected chi connectivity index (χ2v) is 6.43. The number of rotatable bonds is 0. The van der Waals surface area contributed by atoms with Crippen LogP contribution in [0.3, 0.4) is 0 Å². The lowest BCUT2D eigenvalue weighted by atomic mass is 9.71. The maximum absolute atomic E-state index is 11.9. The lowest BCUT2D eigenvalue weighted by Crippen LogP contribution is -2.49. The summed E-state index contributed by atoms with van der Waals surface area (Å²) in [5.41, 5.74) is 0.524. The summed E-state index contributed by atoms with van der Waals surface area (Å²) in [6, 6.07) is 0.170. The molecule has 4 nitrogen and oxygen atoms in total. The molecule has 2 fully saturated rings. The maximum atomic E-state index is 11.9. The number of carbonyl (C=O) groups is 1. The van der Waals surface area contributed by atoms with Crippen LogP contribution in [0.1, 0.15) is 25.7 Å². The summed E-state index contributed by atoms with van der Waals surface area (Å²) >= 11 is 0. The molecule has 1 unspecified atom stereocenters. The van der Waals surface area contributed by atoms with E-state index < -0.39 is 0 Å². The first-order valence-corrected chi connectivity index (χ1v) is 7.00. The average molecular weight is 257 g/mol. The fourth-order valence-corrected chi connectivity index (χ4v) is 3.21.